The molecule has 0 saturated carbocycles. The molecule has 1 saturated heterocycles. The molecule has 190 valence electrons. The number of nitrogens with zero attached hydrogens (tertiary/aromatic N) is 2. The third-order valence-corrected chi connectivity index (χ3v) is 6.78. The van der Waals surface area contributed by atoms with E-state index in [1.807, 2.05) is 43.1 Å². The number of hydrogen-bond acceptors (Lipinski definition) is 8. The maximum Gasteiger partial charge on any atom is 0.413 e. The number of carbonyl (C=O) groups excluding carboxylic acids is 2. The third-order valence-electron chi connectivity index (χ3n) is 6.25. The van der Waals surface area contributed by atoms with Gasteiger partial charge in [-0.05, 0) is 67.2 Å². The SMILES string of the molecule is CCC(C)C(=O)OOC(=O)C1(Oc2ccc(N(C)c3cc4ccc(Cl)cc4c(Cl)n3)cc2)CCCN1. The van der Waals surface area contributed by atoms with Crippen LogP contribution in [-0.4, -0.2) is 36.2 Å². The Morgan fingerprint density at radius 1 is 1.14 bits per heavy atom. The largest absolute Gasteiger partial charge is 0.461 e. The molecule has 1 aromatic heterocycles. The summed E-state index contributed by atoms with van der Waals surface area (Å²) >= 11 is 12.5. The van der Waals surface area contributed by atoms with Crippen molar-refractivity contribution >= 4 is 57.4 Å². The zero-order chi connectivity index (χ0) is 25.9. The van der Waals surface area contributed by atoms with Gasteiger partial charge in [-0.3, -0.25) is 5.32 Å². The topological polar surface area (TPSA) is 90.0 Å². The predicted octanol–water partition coefficient (Wildman–Crippen LogP) is 5.82. The highest BCUT2D eigenvalue weighted by Crippen LogP contribution is 2.33. The number of ether oxygens (including phenoxy) is 1. The van der Waals surface area contributed by atoms with Crippen molar-refractivity contribution in [1.82, 2.24) is 10.3 Å². The van der Waals surface area contributed by atoms with Crippen LogP contribution in [0.1, 0.15) is 33.1 Å². The van der Waals surface area contributed by atoms with E-state index in [0.717, 1.165) is 16.5 Å². The lowest BCUT2D eigenvalue weighted by Crippen LogP contribution is -2.53. The Morgan fingerprint density at radius 2 is 1.89 bits per heavy atom. The Balaban J connectivity index is 1.48. The molecule has 0 radical (unpaired) electrons. The molecule has 1 aliphatic rings. The van der Waals surface area contributed by atoms with Crippen LogP contribution >= 0.6 is 23.2 Å². The fourth-order valence-corrected chi connectivity index (χ4v) is 4.24. The number of pyridine rings is 1. The molecule has 1 fully saturated rings. The number of rotatable bonds is 7. The van der Waals surface area contributed by atoms with E-state index < -0.39 is 17.7 Å². The van der Waals surface area contributed by atoms with Gasteiger partial charge in [0.2, 0.25) is 0 Å². The summed E-state index contributed by atoms with van der Waals surface area (Å²) < 4.78 is 6.03. The van der Waals surface area contributed by atoms with E-state index in [1.165, 1.54) is 0 Å². The standard InChI is InChI=1S/C26H27Cl2N3O5/c1-4-16(2)24(32)35-36-25(33)26(12-5-13-29-26)34-20-10-8-19(9-11-20)31(3)22-14-17-6-7-18(27)15-21(17)23(28)30-22/h6-11,14-16,29H,4-5,12-13H2,1-3H3. The number of aromatic nitrogens is 1. The molecule has 2 unspecified atom stereocenters. The average Bonchev–Trinajstić information content (AvgIpc) is 3.36. The number of hydrogen-bond donors (Lipinski definition) is 1. The van der Waals surface area contributed by atoms with Crippen LogP contribution in [0.3, 0.4) is 0 Å². The van der Waals surface area contributed by atoms with Crippen molar-refractivity contribution in [1.29, 1.82) is 0 Å². The molecule has 3 aromatic rings. The quantitative estimate of drug-likeness (QED) is 0.232. The van der Waals surface area contributed by atoms with Crippen LogP contribution in [0, 0.1) is 5.92 Å². The summed E-state index contributed by atoms with van der Waals surface area (Å²) in [5.74, 6) is -0.666. The first kappa shape index (κ1) is 26.0. The lowest BCUT2D eigenvalue weighted by atomic mass is 10.1. The monoisotopic (exact) mass is 531 g/mol. The van der Waals surface area contributed by atoms with E-state index in [2.05, 4.69) is 10.3 Å². The molecule has 2 heterocycles. The van der Waals surface area contributed by atoms with Crippen molar-refractivity contribution < 1.29 is 24.1 Å². The van der Waals surface area contributed by atoms with Gasteiger partial charge in [-0.2, -0.15) is 0 Å². The zero-order valence-corrected chi connectivity index (χ0v) is 21.7. The normalized spacial score (nSPS) is 18.0. The van der Waals surface area contributed by atoms with Gasteiger partial charge in [0.25, 0.3) is 5.72 Å². The van der Waals surface area contributed by atoms with Crippen LogP contribution in [0.2, 0.25) is 10.2 Å². The van der Waals surface area contributed by atoms with Crippen LogP contribution in [0.15, 0.2) is 48.5 Å². The van der Waals surface area contributed by atoms with Gasteiger partial charge in [-0.25, -0.2) is 24.3 Å². The summed E-state index contributed by atoms with van der Waals surface area (Å²) in [7, 11) is 1.87. The van der Waals surface area contributed by atoms with Gasteiger partial charge in [0.15, 0.2) is 0 Å². The van der Waals surface area contributed by atoms with Gasteiger partial charge in [-0.15, -0.1) is 0 Å². The number of fused-ring (bicyclic) bond motifs is 1. The van der Waals surface area contributed by atoms with E-state index in [0.29, 0.717) is 47.6 Å². The zero-order valence-electron chi connectivity index (χ0n) is 20.2. The second-order valence-corrected chi connectivity index (χ2v) is 9.53. The van der Waals surface area contributed by atoms with E-state index in [9.17, 15) is 9.59 Å². The fourth-order valence-electron chi connectivity index (χ4n) is 3.82. The van der Waals surface area contributed by atoms with Crippen molar-refractivity contribution in [2.24, 2.45) is 5.92 Å². The lowest BCUT2D eigenvalue weighted by Gasteiger charge is -2.27. The second kappa shape index (κ2) is 10.9. The van der Waals surface area contributed by atoms with Gasteiger partial charge < -0.3 is 9.64 Å². The highest BCUT2D eigenvalue weighted by molar-refractivity contribution is 6.36. The summed E-state index contributed by atoms with van der Waals surface area (Å²) in [6.45, 7) is 4.11. The molecule has 1 aliphatic heterocycles. The van der Waals surface area contributed by atoms with Crippen molar-refractivity contribution in [3.8, 4) is 5.75 Å². The smallest absolute Gasteiger partial charge is 0.413 e. The van der Waals surface area contributed by atoms with Crippen LogP contribution < -0.4 is 15.0 Å². The third kappa shape index (κ3) is 5.51. The van der Waals surface area contributed by atoms with Gasteiger partial charge in [0.05, 0.1) is 5.92 Å². The first-order valence-electron chi connectivity index (χ1n) is 11.7. The lowest BCUT2D eigenvalue weighted by molar-refractivity contribution is -0.272. The van der Waals surface area contributed by atoms with Crippen molar-refractivity contribution in [2.45, 2.75) is 38.8 Å². The maximum absolute atomic E-state index is 12.8. The molecule has 36 heavy (non-hydrogen) atoms. The number of benzene rings is 2. The highest BCUT2D eigenvalue weighted by Gasteiger charge is 2.47. The molecule has 1 N–H and O–H groups in total. The number of nitrogens with one attached hydrogen (secondary N) is 1. The molecule has 8 nitrogen and oxygen atoms in total. The molecule has 0 spiro atoms. The minimum Gasteiger partial charge on any atom is -0.461 e. The van der Waals surface area contributed by atoms with Crippen LogP contribution in [0.5, 0.6) is 5.75 Å². The number of halogens is 2. The minimum atomic E-state index is -1.43. The van der Waals surface area contributed by atoms with E-state index in [-0.39, 0.29) is 5.92 Å². The molecule has 0 aliphatic carbocycles. The van der Waals surface area contributed by atoms with Crippen molar-refractivity contribution in [3.05, 3.63) is 58.7 Å². The predicted molar refractivity (Wildman–Crippen MR) is 139 cm³/mol. The van der Waals surface area contributed by atoms with Crippen molar-refractivity contribution in [3.63, 3.8) is 0 Å². The first-order chi connectivity index (χ1) is 17.2. The Morgan fingerprint density at radius 3 is 2.56 bits per heavy atom. The Hall–Kier alpha value is -3.07. The molecular weight excluding hydrogens is 505 g/mol. The second-order valence-electron chi connectivity index (χ2n) is 8.73. The molecule has 2 aromatic carbocycles. The summed E-state index contributed by atoms with van der Waals surface area (Å²) in [6, 6.07) is 14.6. The summed E-state index contributed by atoms with van der Waals surface area (Å²) in [5, 5.41) is 5.69. The summed E-state index contributed by atoms with van der Waals surface area (Å²) in [6.07, 6.45) is 1.65. The van der Waals surface area contributed by atoms with E-state index in [1.54, 1.807) is 31.2 Å². The highest BCUT2D eigenvalue weighted by atomic mass is 35.5. The van der Waals surface area contributed by atoms with Gasteiger partial charge in [0, 0.05) is 29.6 Å². The van der Waals surface area contributed by atoms with E-state index in [4.69, 9.17) is 37.7 Å². The maximum atomic E-state index is 12.8. The van der Waals surface area contributed by atoms with Gasteiger partial charge in [-0.1, -0.05) is 43.1 Å². The van der Waals surface area contributed by atoms with Gasteiger partial charge in [0.1, 0.15) is 16.7 Å². The molecule has 0 bridgehead atoms. The van der Waals surface area contributed by atoms with Crippen LogP contribution in [0.25, 0.3) is 10.8 Å². The molecule has 0 amide bonds. The number of carbonyl (C=O) groups is 2. The van der Waals surface area contributed by atoms with Crippen LogP contribution in [-0.2, 0) is 19.4 Å². The Labute approximate surface area is 219 Å². The Bertz CT molecular complexity index is 1260. The number of anilines is 2. The molecule has 10 heteroatoms. The van der Waals surface area contributed by atoms with Crippen molar-refractivity contribution in [2.75, 3.05) is 18.5 Å². The van der Waals surface area contributed by atoms with Gasteiger partial charge >= 0.3 is 11.9 Å². The summed E-state index contributed by atoms with van der Waals surface area (Å²) in [4.78, 5) is 40.7. The van der Waals surface area contributed by atoms with E-state index >= 15 is 0 Å². The minimum absolute atomic E-state index is 0.360. The molecular formula is C26H27Cl2N3O5. The fraction of sp³-hybridized carbons (Fsp3) is 0.346. The summed E-state index contributed by atoms with van der Waals surface area (Å²) in [5.41, 5.74) is -0.601. The Kier molecular flexibility index (Phi) is 7.88. The molecule has 4 rings (SSSR count). The molecule has 2 atom stereocenters. The van der Waals surface area contributed by atoms with Crippen LogP contribution in [0.4, 0.5) is 11.5 Å². The average molecular weight is 532 g/mol. The first-order valence-corrected chi connectivity index (χ1v) is 12.4.